The zero-order valence-corrected chi connectivity index (χ0v) is 12.9. The zero-order chi connectivity index (χ0) is 16.7. The monoisotopic (exact) mass is 315 g/mol. The van der Waals surface area contributed by atoms with Gasteiger partial charge in [-0.25, -0.2) is 4.79 Å². The molecule has 0 heterocycles. The smallest absolute Gasteiger partial charge is 0.326 e. The number of benzene rings is 1. The van der Waals surface area contributed by atoms with Crippen molar-refractivity contribution >= 4 is 11.9 Å². The summed E-state index contributed by atoms with van der Waals surface area (Å²) in [6.45, 7) is 0. The quantitative estimate of drug-likeness (QED) is 0.779. The van der Waals surface area contributed by atoms with Crippen LogP contribution in [0.3, 0.4) is 0 Å². The van der Waals surface area contributed by atoms with Crippen LogP contribution in [0.5, 0.6) is 5.75 Å². The Balaban J connectivity index is 2.04. The van der Waals surface area contributed by atoms with Crippen LogP contribution in [0.2, 0.25) is 0 Å². The number of carboxylic acid groups (broad SMARTS) is 1. The average molecular weight is 315 g/mol. The summed E-state index contributed by atoms with van der Waals surface area (Å²) in [5, 5.41) is 21.2. The van der Waals surface area contributed by atoms with E-state index in [1.54, 1.807) is 18.2 Å². The van der Waals surface area contributed by atoms with Crippen molar-refractivity contribution in [1.82, 2.24) is 5.32 Å². The Hall–Kier alpha value is -2.56. The first-order valence-corrected chi connectivity index (χ1v) is 7.74. The van der Waals surface area contributed by atoms with Crippen LogP contribution in [0.25, 0.3) is 0 Å². The standard InChI is InChI=1S/C18H21NO4/c20-15-10-8-13(9-11-15)12-16(18(22)23)19-17(21)14-6-4-2-1-3-5-7-14/h4,6-11,16,20H,1-3,5,12H2,(H,19,21)(H,22,23). The normalized spacial score (nSPS) is 15.9. The SMILES string of the molecule is O=C(NC(Cc1ccc(O)cc1)C(=O)O)C1=CCCCCC=C1. The molecule has 5 heteroatoms. The number of carboxylic acids is 1. The molecular weight excluding hydrogens is 294 g/mol. The fourth-order valence-corrected chi connectivity index (χ4v) is 2.42. The summed E-state index contributed by atoms with van der Waals surface area (Å²) in [6, 6.07) is 5.28. The molecule has 122 valence electrons. The fraction of sp³-hybridized carbons (Fsp3) is 0.333. The van der Waals surface area contributed by atoms with Crippen molar-refractivity contribution in [2.75, 3.05) is 0 Å². The summed E-state index contributed by atoms with van der Waals surface area (Å²) in [5.41, 5.74) is 1.25. The van der Waals surface area contributed by atoms with Gasteiger partial charge < -0.3 is 15.5 Å². The van der Waals surface area contributed by atoms with Crippen LogP contribution in [0, 0.1) is 0 Å². The van der Waals surface area contributed by atoms with Gasteiger partial charge in [-0.15, -0.1) is 0 Å². The Labute approximate surface area is 135 Å². The van der Waals surface area contributed by atoms with Crippen molar-refractivity contribution < 1.29 is 19.8 Å². The van der Waals surface area contributed by atoms with Gasteiger partial charge in [-0.2, -0.15) is 0 Å². The number of phenolic OH excluding ortho intramolecular Hbond substituents is 1. The van der Waals surface area contributed by atoms with E-state index in [1.165, 1.54) is 12.1 Å². The van der Waals surface area contributed by atoms with Crippen LogP contribution in [0.1, 0.15) is 31.2 Å². The number of phenols is 1. The van der Waals surface area contributed by atoms with Crippen LogP contribution >= 0.6 is 0 Å². The molecule has 0 aromatic heterocycles. The molecule has 1 aliphatic rings. The predicted octanol–water partition coefficient (Wildman–Crippen LogP) is 2.56. The molecule has 0 bridgehead atoms. The Kier molecular flexibility index (Phi) is 5.97. The maximum absolute atomic E-state index is 12.3. The molecule has 1 aliphatic carbocycles. The van der Waals surface area contributed by atoms with Crippen molar-refractivity contribution in [3.05, 3.63) is 53.6 Å². The minimum absolute atomic E-state index is 0.120. The van der Waals surface area contributed by atoms with Crippen LogP contribution in [0.4, 0.5) is 0 Å². The number of carbonyl (C=O) groups excluding carboxylic acids is 1. The zero-order valence-electron chi connectivity index (χ0n) is 12.9. The Morgan fingerprint density at radius 2 is 1.83 bits per heavy atom. The van der Waals surface area contributed by atoms with Gasteiger partial charge >= 0.3 is 5.97 Å². The summed E-state index contributed by atoms with van der Waals surface area (Å²) in [7, 11) is 0. The number of aromatic hydroxyl groups is 1. The van der Waals surface area contributed by atoms with E-state index in [4.69, 9.17) is 0 Å². The minimum Gasteiger partial charge on any atom is -0.508 e. The van der Waals surface area contributed by atoms with E-state index in [-0.39, 0.29) is 18.1 Å². The molecule has 0 fully saturated rings. The van der Waals surface area contributed by atoms with E-state index >= 15 is 0 Å². The number of hydrogen-bond acceptors (Lipinski definition) is 3. The van der Waals surface area contributed by atoms with E-state index in [0.29, 0.717) is 5.57 Å². The highest BCUT2D eigenvalue weighted by Gasteiger charge is 2.21. The second kappa shape index (κ2) is 8.17. The molecule has 2 rings (SSSR count). The Bertz CT molecular complexity index is 616. The number of rotatable bonds is 5. The summed E-state index contributed by atoms with van der Waals surface area (Å²) < 4.78 is 0. The Morgan fingerprint density at radius 3 is 2.52 bits per heavy atom. The number of hydrogen-bond donors (Lipinski definition) is 3. The summed E-state index contributed by atoms with van der Waals surface area (Å²) in [4.78, 5) is 23.7. The predicted molar refractivity (Wildman–Crippen MR) is 87.1 cm³/mol. The first-order chi connectivity index (χ1) is 11.1. The third-order valence-electron chi connectivity index (χ3n) is 3.73. The van der Waals surface area contributed by atoms with Gasteiger partial charge in [0.05, 0.1) is 0 Å². The topological polar surface area (TPSA) is 86.6 Å². The summed E-state index contributed by atoms with van der Waals surface area (Å²) in [6.07, 6.45) is 9.60. The lowest BCUT2D eigenvalue weighted by molar-refractivity contribution is -0.141. The first kappa shape index (κ1) is 16.8. The molecule has 0 saturated heterocycles. The van der Waals surface area contributed by atoms with Gasteiger partial charge in [-0.05, 0) is 43.4 Å². The molecule has 0 spiro atoms. The third-order valence-corrected chi connectivity index (χ3v) is 3.73. The third kappa shape index (κ3) is 5.29. The molecule has 5 nitrogen and oxygen atoms in total. The number of nitrogens with one attached hydrogen (secondary N) is 1. The minimum atomic E-state index is -1.08. The molecule has 23 heavy (non-hydrogen) atoms. The molecule has 0 saturated carbocycles. The molecule has 1 unspecified atom stereocenters. The second-order valence-electron chi connectivity index (χ2n) is 5.58. The van der Waals surface area contributed by atoms with E-state index in [2.05, 4.69) is 5.32 Å². The van der Waals surface area contributed by atoms with Crippen molar-refractivity contribution in [2.24, 2.45) is 0 Å². The van der Waals surface area contributed by atoms with Gasteiger partial charge in [0.2, 0.25) is 0 Å². The number of carbonyl (C=O) groups is 2. The molecule has 1 aromatic rings. The first-order valence-electron chi connectivity index (χ1n) is 7.74. The molecule has 1 amide bonds. The highest BCUT2D eigenvalue weighted by atomic mass is 16.4. The largest absolute Gasteiger partial charge is 0.508 e. The molecule has 1 atom stereocenters. The van der Waals surface area contributed by atoms with Gasteiger partial charge in [0.25, 0.3) is 5.91 Å². The fourth-order valence-electron chi connectivity index (χ4n) is 2.42. The average Bonchev–Trinajstić information content (AvgIpc) is 2.48. The van der Waals surface area contributed by atoms with Gasteiger partial charge in [-0.3, -0.25) is 4.79 Å². The van der Waals surface area contributed by atoms with Crippen molar-refractivity contribution in [3.63, 3.8) is 0 Å². The van der Waals surface area contributed by atoms with Crippen LogP contribution in [-0.2, 0) is 16.0 Å². The molecular formula is C18H21NO4. The van der Waals surface area contributed by atoms with Crippen LogP contribution in [0.15, 0.2) is 48.1 Å². The van der Waals surface area contributed by atoms with Crippen molar-refractivity contribution in [2.45, 2.75) is 38.1 Å². The van der Waals surface area contributed by atoms with E-state index < -0.39 is 12.0 Å². The van der Waals surface area contributed by atoms with Crippen LogP contribution in [-0.4, -0.2) is 28.1 Å². The Morgan fingerprint density at radius 1 is 1.13 bits per heavy atom. The molecule has 3 N–H and O–H groups in total. The molecule has 1 aromatic carbocycles. The number of amides is 1. The van der Waals surface area contributed by atoms with E-state index in [1.807, 2.05) is 12.2 Å². The highest BCUT2D eigenvalue weighted by Crippen LogP contribution is 2.13. The number of aliphatic carboxylic acids is 1. The van der Waals surface area contributed by atoms with Gasteiger partial charge in [0, 0.05) is 12.0 Å². The summed E-state index contributed by atoms with van der Waals surface area (Å²) in [5.74, 6) is -1.33. The second-order valence-corrected chi connectivity index (χ2v) is 5.58. The van der Waals surface area contributed by atoms with E-state index in [0.717, 1.165) is 31.2 Å². The molecule has 0 aliphatic heterocycles. The van der Waals surface area contributed by atoms with Gasteiger partial charge in [-0.1, -0.05) is 30.4 Å². The number of allylic oxidation sites excluding steroid dienone is 2. The maximum atomic E-state index is 12.3. The lowest BCUT2D eigenvalue weighted by Gasteiger charge is -2.15. The lowest BCUT2D eigenvalue weighted by Crippen LogP contribution is -2.42. The summed E-state index contributed by atoms with van der Waals surface area (Å²) >= 11 is 0. The van der Waals surface area contributed by atoms with Crippen molar-refractivity contribution in [3.8, 4) is 5.75 Å². The lowest BCUT2D eigenvalue weighted by atomic mass is 10.0. The van der Waals surface area contributed by atoms with Gasteiger partial charge in [0.15, 0.2) is 0 Å². The highest BCUT2D eigenvalue weighted by molar-refractivity contribution is 5.98. The van der Waals surface area contributed by atoms with Crippen LogP contribution < -0.4 is 5.32 Å². The van der Waals surface area contributed by atoms with Gasteiger partial charge in [0.1, 0.15) is 11.8 Å². The van der Waals surface area contributed by atoms with E-state index in [9.17, 15) is 19.8 Å². The maximum Gasteiger partial charge on any atom is 0.326 e. The van der Waals surface area contributed by atoms with Crippen molar-refractivity contribution in [1.29, 1.82) is 0 Å². The molecule has 0 radical (unpaired) electrons.